The summed E-state index contributed by atoms with van der Waals surface area (Å²) in [6, 6.07) is 0. The fraction of sp³-hybridized carbons (Fsp3) is 0.765. The van der Waals surface area contributed by atoms with Crippen molar-refractivity contribution in [3.8, 4) is 0 Å². The van der Waals surface area contributed by atoms with Gasteiger partial charge in [-0.25, -0.2) is 5.84 Å². The molecule has 122 valence electrons. The molecule has 2 amide bonds. The van der Waals surface area contributed by atoms with Crippen LogP contribution in [0, 0.1) is 17.3 Å². The number of hydrogen-bond donors (Lipinski definition) is 2. The highest BCUT2D eigenvalue weighted by molar-refractivity contribution is 5.92. The van der Waals surface area contributed by atoms with Crippen LogP contribution in [0.2, 0.25) is 0 Å². The lowest BCUT2D eigenvalue weighted by molar-refractivity contribution is -0.156. The summed E-state index contributed by atoms with van der Waals surface area (Å²) in [5.74, 6) is 6.27. The lowest BCUT2D eigenvalue weighted by atomic mass is 9.59. The zero-order chi connectivity index (χ0) is 16.0. The SMILES string of the molecule is CCC(=O)N(N)C1(C(N)=O)CC2C=CC1(C1CCCCC1)C2. The standard InChI is InChI=1S/C17H27N3O2/c1-2-14(21)20(19)17(15(18)22)11-12-8-9-16(17,10-12)13-6-4-3-5-7-13/h8-9,12-13H,2-7,10-11,19H2,1H3,(H2,18,22). The zero-order valence-corrected chi connectivity index (χ0v) is 13.4. The normalized spacial score (nSPS) is 37.5. The Balaban J connectivity index is 2.06. The van der Waals surface area contributed by atoms with E-state index in [-0.39, 0.29) is 11.3 Å². The van der Waals surface area contributed by atoms with Crippen LogP contribution in [0.1, 0.15) is 58.3 Å². The first-order valence-corrected chi connectivity index (χ1v) is 8.55. The molecule has 2 saturated carbocycles. The Morgan fingerprint density at radius 3 is 2.45 bits per heavy atom. The van der Waals surface area contributed by atoms with Gasteiger partial charge in [0.05, 0.1) is 0 Å². The highest BCUT2D eigenvalue weighted by Crippen LogP contribution is 2.63. The van der Waals surface area contributed by atoms with E-state index in [1.165, 1.54) is 24.3 Å². The molecule has 3 aliphatic carbocycles. The van der Waals surface area contributed by atoms with Gasteiger partial charge in [-0.15, -0.1) is 0 Å². The molecule has 0 aliphatic heterocycles. The Morgan fingerprint density at radius 2 is 1.91 bits per heavy atom. The molecule has 5 heteroatoms. The number of carbonyl (C=O) groups is 2. The second-order valence-electron chi connectivity index (χ2n) is 7.24. The molecule has 5 nitrogen and oxygen atoms in total. The van der Waals surface area contributed by atoms with Crippen LogP contribution in [0.15, 0.2) is 12.2 Å². The lowest BCUT2D eigenvalue weighted by Gasteiger charge is -2.52. The van der Waals surface area contributed by atoms with Crippen molar-refractivity contribution in [2.24, 2.45) is 28.8 Å². The van der Waals surface area contributed by atoms with Crippen molar-refractivity contribution in [2.75, 3.05) is 0 Å². The number of amides is 2. The minimum atomic E-state index is -1.04. The van der Waals surface area contributed by atoms with Crippen LogP contribution in [0.4, 0.5) is 0 Å². The first-order chi connectivity index (χ1) is 10.5. The van der Waals surface area contributed by atoms with E-state index in [4.69, 9.17) is 11.6 Å². The molecule has 0 aromatic carbocycles. The van der Waals surface area contributed by atoms with E-state index in [9.17, 15) is 9.59 Å². The van der Waals surface area contributed by atoms with Gasteiger partial charge < -0.3 is 5.73 Å². The molecule has 3 rings (SSSR count). The summed E-state index contributed by atoms with van der Waals surface area (Å²) in [7, 11) is 0. The minimum Gasteiger partial charge on any atom is -0.368 e. The Kier molecular flexibility index (Phi) is 3.79. The van der Waals surface area contributed by atoms with E-state index >= 15 is 0 Å². The third-order valence-electron chi connectivity index (χ3n) is 6.32. The molecule has 0 aromatic rings. The third kappa shape index (κ3) is 1.87. The number of carbonyl (C=O) groups excluding carboxylic acids is 2. The van der Waals surface area contributed by atoms with Gasteiger partial charge in [-0.3, -0.25) is 14.6 Å². The molecule has 0 spiro atoms. The molecule has 22 heavy (non-hydrogen) atoms. The number of hydrogen-bond acceptors (Lipinski definition) is 3. The number of primary amides is 1. The number of fused-ring (bicyclic) bond motifs is 2. The fourth-order valence-corrected chi connectivity index (χ4v) is 5.31. The van der Waals surface area contributed by atoms with Crippen molar-refractivity contribution in [1.82, 2.24) is 5.01 Å². The highest BCUT2D eigenvalue weighted by Gasteiger charge is 2.68. The molecule has 2 fully saturated rings. The Hall–Kier alpha value is -1.36. The average Bonchev–Trinajstić information content (AvgIpc) is 3.12. The Labute approximate surface area is 132 Å². The van der Waals surface area contributed by atoms with Crippen LogP contribution in [0.25, 0.3) is 0 Å². The van der Waals surface area contributed by atoms with Gasteiger partial charge >= 0.3 is 0 Å². The average molecular weight is 305 g/mol. The number of hydrazine groups is 1. The van der Waals surface area contributed by atoms with Gasteiger partial charge in [-0.1, -0.05) is 38.3 Å². The molecule has 0 aromatic heterocycles. The number of rotatable bonds is 4. The highest BCUT2D eigenvalue weighted by atomic mass is 16.2. The monoisotopic (exact) mass is 305 g/mol. The molecule has 4 N–H and O–H groups in total. The Morgan fingerprint density at radius 1 is 1.23 bits per heavy atom. The van der Waals surface area contributed by atoms with E-state index in [1.54, 1.807) is 6.92 Å². The Bertz CT molecular complexity index is 512. The molecular formula is C17H27N3O2. The van der Waals surface area contributed by atoms with Crippen molar-refractivity contribution in [3.05, 3.63) is 12.2 Å². The third-order valence-corrected chi connectivity index (χ3v) is 6.32. The summed E-state index contributed by atoms with van der Waals surface area (Å²) in [6.45, 7) is 1.77. The largest absolute Gasteiger partial charge is 0.368 e. The van der Waals surface area contributed by atoms with Gasteiger partial charge in [0.25, 0.3) is 0 Å². The topological polar surface area (TPSA) is 89.4 Å². The van der Waals surface area contributed by atoms with Crippen LogP contribution >= 0.6 is 0 Å². The van der Waals surface area contributed by atoms with Gasteiger partial charge in [-0.2, -0.15) is 0 Å². The summed E-state index contributed by atoms with van der Waals surface area (Å²) in [4.78, 5) is 24.8. The molecule has 2 bridgehead atoms. The van der Waals surface area contributed by atoms with E-state index in [2.05, 4.69) is 12.2 Å². The molecule has 0 saturated heterocycles. The van der Waals surface area contributed by atoms with E-state index in [0.717, 1.165) is 19.3 Å². The first-order valence-electron chi connectivity index (χ1n) is 8.55. The van der Waals surface area contributed by atoms with Crippen LogP contribution in [0.3, 0.4) is 0 Å². The maximum atomic E-state index is 12.5. The van der Waals surface area contributed by atoms with Crippen LogP contribution < -0.4 is 11.6 Å². The molecule has 3 unspecified atom stereocenters. The van der Waals surface area contributed by atoms with Crippen LogP contribution in [-0.2, 0) is 9.59 Å². The van der Waals surface area contributed by atoms with Gasteiger partial charge in [0.2, 0.25) is 11.8 Å². The number of allylic oxidation sites excluding steroid dienone is 1. The van der Waals surface area contributed by atoms with Crippen LogP contribution in [-0.4, -0.2) is 22.4 Å². The second kappa shape index (κ2) is 5.37. The van der Waals surface area contributed by atoms with Crippen molar-refractivity contribution in [1.29, 1.82) is 0 Å². The zero-order valence-electron chi connectivity index (χ0n) is 13.4. The maximum Gasteiger partial charge on any atom is 0.245 e. The predicted octanol–water partition coefficient (Wildman–Crippen LogP) is 1.87. The van der Waals surface area contributed by atoms with Crippen molar-refractivity contribution < 1.29 is 9.59 Å². The van der Waals surface area contributed by atoms with Gasteiger partial charge in [-0.05, 0) is 37.5 Å². The molecular weight excluding hydrogens is 278 g/mol. The second-order valence-corrected chi connectivity index (χ2v) is 7.24. The fourth-order valence-electron chi connectivity index (χ4n) is 5.31. The lowest BCUT2D eigenvalue weighted by Crippen LogP contribution is -2.70. The predicted molar refractivity (Wildman–Crippen MR) is 84.1 cm³/mol. The summed E-state index contributed by atoms with van der Waals surface area (Å²) >= 11 is 0. The summed E-state index contributed by atoms with van der Waals surface area (Å²) in [6.07, 6.45) is 12.0. The number of nitrogens with two attached hydrogens (primary N) is 2. The smallest absolute Gasteiger partial charge is 0.245 e. The summed E-state index contributed by atoms with van der Waals surface area (Å²) in [5, 5.41) is 1.20. The maximum absolute atomic E-state index is 12.5. The van der Waals surface area contributed by atoms with E-state index < -0.39 is 11.4 Å². The summed E-state index contributed by atoms with van der Waals surface area (Å²) in [5.41, 5.74) is 4.46. The number of nitrogens with zero attached hydrogens (tertiary/aromatic N) is 1. The molecule has 0 radical (unpaired) electrons. The molecule has 3 atom stereocenters. The summed E-state index contributed by atoms with van der Waals surface area (Å²) < 4.78 is 0. The van der Waals surface area contributed by atoms with Crippen molar-refractivity contribution in [2.45, 2.75) is 63.8 Å². The van der Waals surface area contributed by atoms with E-state index in [1.807, 2.05) is 0 Å². The van der Waals surface area contributed by atoms with E-state index in [0.29, 0.717) is 24.7 Å². The van der Waals surface area contributed by atoms with Crippen molar-refractivity contribution in [3.63, 3.8) is 0 Å². The molecule has 0 heterocycles. The quantitative estimate of drug-likeness (QED) is 0.359. The van der Waals surface area contributed by atoms with Gasteiger partial charge in [0.1, 0.15) is 5.54 Å². The van der Waals surface area contributed by atoms with Gasteiger partial charge in [0.15, 0.2) is 0 Å². The minimum absolute atomic E-state index is 0.199. The van der Waals surface area contributed by atoms with Crippen LogP contribution in [0.5, 0.6) is 0 Å². The van der Waals surface area contributed by atoms with Crippen molar-refractivity contribution >= 4 is 11.8 Å². The van der Waals surface area contributed by atoms with Gasteiger partial charge in [0, 0.05) is 11.8 Å². The first kappa shape index (κ1) is 15.5. The molecule has 3 aliphatic rings.